The third kappa shape index (κ3) is 4.48. The molecule has 0 radical (unpaired) electrons. The molecule has 1 aromatic carbocycles. The second-order valence-corrected chi connectivity index (χ2v) is 4.08. The Labute approximate surface area is 143 Å². The number of rotatable bonds is 2. The zero-order valence-electron chi connectivity index (χ0n) is 12.1. The molecule has 22 heavy (non-hydrogen) atoms. The maximum absolute atomic E-state index is 14.0. The van der Waals surface area contributed by atoms with Crippen molar-refractivity contribution in [3.05, 3.63) is 60.9 Å². The summed E-state index contributed by atoms with van der Waals surface area (Å²) in [5.41, 5.74) is 0.502. The van der Waals surface area contributed by atoms with Gasteiger partial charge < -0.3 is 17.3 Å². The quantitative estimate of drug-likeness (QED) is 0.563. The fourth-order valence-electron chi connectivity index (χ4n) is 1.61. The molecule has 0 fully saturated rings. The van der Waals surface area contributed by atoms with Crippen molar-refractivity contribution in [3.63, 3.8) is 0 Å². The van der Waals surface area contributed by atoms with Gasteiger partial charge in [-0.1, -0.05) is 6.07 Å². The van der Waals surface area contributed by atoms with Crippen LogP contribution in [0.4, 0.5) is 20.2 Å². The second-order valence-electron chi connectivity index (χ2n) is 4.08. The third-order valence-corrected chi connectivity index (χ3v) is 2.62. The molecule has 118 valence electrons. The molecule has 0 N–H and O–H groups in total. The predicted molar refractivity (Wildman–Crippen MR) is 81.3 cm³/mol. The molecule has 0 aliphatic heterocycles. The van der Waals surface area contributed by atoms with Gasteiger partial charge in [0.1, 0.15) is 0 Å². The van der Waals surface area contributed by atoms with Gasteiger partial charge in [0.2, 0.25) is 0 Å². The summed E-state index contributed by atoms with van der Waals surface area (Å²) in [6.07, 6.45) is 1.53. The molecule has 0 saturated carbocycles. The van der Waals surface area contributed by atoms with E-state index in [-0.39, 0.29) is 13.0 Å². The van der Waals surface area contributed by atoms with Crippen molar-refractivity contribution in [2.75, 3.05) is 19.0 Å². The molecular formula is C15H13ClF2IrN3. The van der Waals surface area contributed by atoms with Gasteiger partial charge in [-0.15, -0.1) is 17.7 Å². The topological polar surface area (TPSA) is 20.5 Å². The van der Waals surface area contributed by atoms with E-state index in [2.05, 4.69) is 25.5 Å². The molecule has 0 atom stereocenters. The first-order valence-electron chi connectivity index (χ1n) is 5.58. The fourth-order valence-corrected chi connectivity index (χ4v) is 1.61. The van der Waals surface area contributed by atoms with Crippen molar-refractivity contribution in [2.24, 2.45) is 0 Å². The fraction of sp³-hybridized carbons (Fsp3) is 0.133. The number of benzene rings is 1. The zero-order valence-corrected chi connectivity index (χ0v) is 15.3. The number of halogens is 3. The van der Waals surface area contributed by atoms with Crippen LogP contribution in [0.15, 0.2) is 24.4 Å². The van der Waals surface area contributed by atoms with Gasteiger partial charge in [0.15, 0.2) is 5.69 Å². The molecule has 2 aromatic rings. The van der Waals surface area contributed by atoms with E-state index in [0.29, 0.717) is 5.69 Å². The van der Waals surface area contributed by atoms with Crippen LogP contribution < -0.4 is 4.90 Å². The number of hydrogen-bond donors (Lipinski definition) is 0. The summed E-state index contributed by atoms with van der Waals surface area (Å²) in [7, 11) is 8.32. The predicted octanol–water partition coefficient (Wildman–Crippen LogP) is 4.58. The number of anilines is 1. The monoisotopic (exact) mass is 501 g/mol. The van der Waals surface area contributed by atoms with Crippen molar-refractivity contribution >= 4 is 21.0 Å². The molecule has 0 unspecified atom stereocenters. The zero-order chi connectivity index (χ0) is 16.0. The Hall–Kier alpha value is -1.54. The van der Waals surface area contributed by atoms with Gasteiger partial charge in [0, 0.05) is 37.6 Å². The Morgan fingerprint density at radius 1 is 1.36 bits per heavy atom. The number of hydrogen-bond acceptors (Lipinski definition) is 2. The van der Waals surface area contributed by atoms with Gasteiger partial charge in [-0.05, 0) is 11.8 Å². The maximum atomic E-state index is 14.0. The van der Waals surface area contributed by atoms with Crippen molar-refractivity contribution < 1.29 is 26.7 Å². The molecule has 0 bridgehead atoms. The van der Waals surface area contributed by atoms with Gasteiger partial charge in [0.05, 0.1) is 6.57 Å². The molecule has 7 heteroatoms. The molecule has 0 saturated heterocycles. The van der Waals surface area contributed by atoms with Gasteiger partial charge in [0.25, 0.3) is 0 Å². The van der Waals surface area contributed by atoms with Crippen molar-refractivity contribution in [3.8, 4) is 11.3 Å². The summed E-state index contributed by atoms with van der Waals surface area (Å²) in [6, 6.07) is 6.86. The van der Waals surface area contributed by atoms with E-state index in [0.717, 1.165) is 11.8 Å². The van der Waals surface area contributed by atoms with E-state index in [1.807, 2.05) is 19.0 Å². The SMILES string of the molecule is [C-]#[N+]c1c(F)c[c-]c(-c2cc(N(C)C)ccn2)c1F.[CH3-].[Cl][Ir+2]. The van der Waals surface area contributed by atoms with Gasteiger partial charge in [-0.25, -0.2) is 0 Å². The van der Waals surface area contributed by atoms with Crippen LogP contribution in [0.5, 0.6) is 0 Å². The normalized spacial score (nSPS) is 8.95. The standard InChI is InChI=1S/C14H10F2N3.CH3.ClH.Ir/c1-17-14-11(15)5-4-10(13(14)16)12-8-9(19(2)3)6-7-18-12;;;/h5-8H,2-3H3;1H3;1H;/q2*-1;;+3/p-1. The van der Waals surface area contributed by atoms with E-state index >= 15 is 0 Å². The Kier molecular flexibility index (Phi) is 8.81. The Morgan fingerprint density at radius 2 is 2.00 bits per heavy atom. The first-order chi connectivity index (χ1) is 10.0. The van der Waals surface area contributed by atoms with Crippen molar-refractivity contribution in [2.45, 2.75) is 0 Å². The first-order valence-corrected chi connectivity index (χ1v) is 8.55. The molecule has 2 rings (SSSR count). The molecule has 1 aromatic heterocycles. The van der Waals surface area contributed by atoms with Crippen LogP contribution in [0.1, 0.15) is 0 Å². The Balaban J connectivity index is 0.00000141. The molecule has 0 aliphatic rings. The molecule has 3 nitrogen and oxygen atoms in total. The van der Waals surface area contributed by atoms with Crippen molar-refractivity contribution in [1.29, 1.82) is 0 Å². The second kappa shape index (κ2) is 9.47. The number of pyridine rings is 1. The number of aromatic nitrogens is 1. The summed E-state index contributed by atoms with van der Waals surface area (Å²) < 4.78 is 27.3. The van der Waals surface area contributed by atoms with Crippen LogP contribution in [-0.2, 0) is 17.9 Å². The van der Waals surface area contributed by atoms with Crippen LogP contribution >= 0.6 is 9.58 Å². The van der Waals surface area contributed by atoms with E-state index in [4.69, 9.17) is 6.57 Å². The first kappa shape index (κ1) is 20.5. The molecule has 0 spiro atoms. The third-order valence-electron chi connectivity index (χ3n) is 2.62. The van der Waals surface area contributed by atoms with E-state index in [1.165, 1.54) is 24.1 Å². The van der Waals surface area contributed by atoms with Crippen LogP contribution in [0, 0.1) is 31.7 Å². The van der Waals surface area contributed by atoms with Gasteiger partial charge >= 0.3 is 27.5 Å². The summed E-state index contributed by atoms with van der Waals surface area (Å²) in [6.45, 7) is 6.80. The minimum absolute atomic E-state index is 0. The summed E-state index contributed by atoms with van der Waals surface area (Å²) >= 11 is 1.47. The van der Waals surface area contributed by atoms with Gasteiger partial charge in [-0.2, -0.15) is 0 Å². The number of nitrogens with zero attached hydrogens (tertiary/aromatic N) is 3. The van der Waals surface area contributed by atoms with Crippen LogP contribution in [0.2, 0.25) is 0 Å². The van der Waals surface area contributed by atoms with Crippen LogP contribution in [-0.4, -0.2) is 19.1 Å². The summed E-state index contributed by atoms with van der Waals surface area (Å²) in [5.74, 6) is -1.85. The summed E-state index contributed by atoms with van der Waals surface area (Å²) in [5, 5.41) is 0. The van der Waals surface area contributed by atoms with Crippen LogP contribution in [0.3, 0.4) is 0 Å². The van der Waals surface area contributed by atoms with Gasteiger partial charge in [-0.3, -0.25) is 13.6 Å². The molecule has 0 aliphatic carbocycles. The Bertz CT molecular complexity index is 672. The molecule has 0 amide bonds. The van der Waals surface area contributed by atoms with Crippen molar-refractivity contribution in [1.82, 2.24) is 4.98 Å². The summed E-state index contributed by atoms with van der Waals surface area (Å²) in [4.78, 5) is 8.73. The molecular weight excluding hydrogens is 488 g/mol. The minimum atomic E-state index is -0.932. The van der Waals surface area contributed by atoms with E-state index in [9.17, 15) is 8.78 Å². The average Bonchev–Trinajstić information content (AvgIpc) is 2.50. The van der Waals surface area contributed by atoms with Crippen LogP contribution in [0.25, 0.3) is 16.1 Å². The van der Waals surface area contributed by atoms with E-state index in [1.54, 1.807) is 12.1 Å². The van der Waals surface area contributed by atoms with E-state index < -0.39 is 17.3 Å². The molecule has 1 heterocycles. The Morgan fingerprint density at radius 3 is 2.55 bits per heavy atom. The average molecular weight is 501 g/mol.